The van der Waals surface area contributed by atoms with E-state index in [9.17, 15) is 4.39 Å². The van der Waals surface area contributed by atoms with Gasteiger partial charge in [-0.15, -0.1) is 0 Å². The molecule has 0 aliphatic carbocycles. The summed E-state index contributed by atoms with van der Waals surface area (Å²) >= 11 is 0. The van der Waals surface area contributed by atoms with Crippen molar-refractivity contribution in [1.82, 2.24) is 9.78 Å². The first-order valence-corrected chi connectivity index (χ1v) is 5.78. The van der Waals surface area contributed by atoms with Gasteiger partial charge in [-0.25, -0.2) is 4.39 Å². The van der Waals surface area contributed by atoms with Gasteiger partial charge in [-0.2, -0.15) is 5.10 Å². The summed E-state index contributed by atoms with van der Waals surface area (Å²) in [6, 6.07) is 6.18. The van der Waals surface area contributed by atoms with Gasteiger partial charge in [0, 0.05) is 24.9 Å². The molecule has 0 amide bonds. The van der Waals surface area contributed by atoms with E-state index in [0.717, 1.165) is 5.69 Å². The molecule has 0 saturated heterocycles. The van der Waals surface area contributed by atoms with E-state index in [0.29, 0.717) is 11.3 Å². The fraction of sp³-hybridized carbons (Fsp3) is 0.214. The number of ether oxygens (including phenoxy) is 1. The molecule has 0 spiro atoms. The van der Waals surface area contributed by atoms with Gasteiger partial charge in [0.2, 0.25) is 0 Å². The van der Waals surface area contributed by atoms with Gasteiger partial charge in [0.1, 0.15) is 18.2 Å². The van der Waals surface area contributed by atoms with Crippen LogP contribution in [0.4, 0.5) is 4.39 Å². The van der Waals surface area contributed by atoms with Crippen molar-refractivity contribution in [2.24, 2.45) is 12.8 Å². The topological polar surface area (TPSA) is 53.1 Å². The quantitative estimate of drug-likeness (QED) is 0.849. The highest BCUT2D eigenvalue weighted by Crippen LogP contribution is 2.17. The van der Waals surface area contributed by atoms with Crippen LogP contribution in [-0.2, 0) is 13.7 Å². The highest BCUT2D eigenvalue weighted by molar-refractivity contribution is 5.40. The molecular weight excluding hydrogens is 245 g/mol. The molecule has 2 N–H and O–H groups in total. The van der Waals surface area contributed by atoms with E-state index in [4.69, 9.17) is 10.5 Å². The Kier molecular flexibility index (Phi) is 4.16. The van der Waals surface area contributed by atoms with Crippen LogP contribution in [0, 0.1) is 17.7 Å². The number of nitrogens with two attached hydrogens (primary N) is 1. The molecule has 1 heterocycles. The second-order valence-corrected chi connectivity index (χ2v) is 3.95. The van der Waals surface area contributed by atoms with Crippen molar-refractivity contribution in [3.63, 3.8) is 0 Å². The van der Waals surface area contributed by atoms with Gasteiger partial charge < -0.3 is 10.5 Å². The average molecular weight is 259 g/mol. The minimum Gasteiger partial charge on any atom is -0.487 e. The lowest BCUT2D eigenvalue weighted by Gasteiger charge is -2.05. The largest absolute Gasteiger partial charge is 0.487 e. The number of hydrogen-bond acceptors (Lipinski definition) is 3. The lowest BCUT2D eigenvalue weighted by Crippen LogP contribution is -1.99. The van der Waals surface area contributed by atoms with Gasteiger partial charge in [0.15, 0.2) is 0 Å². The van der Waals surface area contributed by atoms with Crippen molar-refractivity contribution < 1.29 is 9.13 Å². The van der Waals surface area contributed by atoms with Gasteiger partial charge in [0.05, 0.1) is 12.2 Å². The molecule has 0 radical (unpaired) electrons. The summed E-state index contributed by atoms with van der Waals surface area (Å²) in [6.07, 6.45) is 1.82. The number of hydrogen-bond donors (Lipinski definition) is 1. The van der Waals surface area contributed by atoms with Crippen LogP contribution in [0.3, 0.4) is 0 Å². The van der Waals surface area contributed by atoms with Crippen LogP contribution in [0.15, 0.2) is 30.5 Å². The van der Waals surface area contributed by atoms with Crippen LogP contribution in [0.2, 0.25) is 0 Å². The van der Waals surface area contributed by atoms with Crippen LogP contribution in [0.1, 0.15) is 11.3 Å². The number of aromatic nitrogens is 2. The Labute approximate surface area is 111 Å². The monoisotopic (exact) mass is 259 g/mol. The summed E-state index contributed by atoms with van der Waals surface area (Å²) in [5.74, 6) is 5.48. The minimum absolute atomic E-state index is 0.237. The third kappa shape index (κ3) is 3.83. The molecule has 0 aliphatic rings. The number of halogens is 1. The van der Waals surface area contributed by atoms with Crippen molar-refractivity contribution in [3.8, 4) is 17.6 Å². The van der Waals surface area contributed by atoms with Crippen LogP contribution in [0.25, 0.3) is 0 Å². The zero-order valence-electron chi connectivity index (χ0n) is 10.6. The molecule has 2 rings (SSSR count). The maximum atomic E-state index is 13.4. The maximum absolute atomic E-state index is 13.4. The summed E-state index contributed by atoms with van der Waals surface area (Å²) in [4.78, 5) is 0. The molecule has 98 valence electrons. The fourth-order valence-electron chi connectivity index (χ4n) is 1.57. The number of benzene rings is 1. The Bertz CT molecular complexity index is 625. The Morgan fingerprint density at radius 3 is 2.95 bits per heavy atom. The molecule has 0 saturated carbocycles. The molecule has 19 heavy (non-hydrogen) atoms. The average Bonchev–Trinajstić information content (AvgIpc) is 2.79. The van der Waals surface area contributed by atoms with E-state index in [1.54, 1.807) is 10.7 Å². The van der Waals surface area contributed by atoms with E-state index in [2.05, 4.69) is 16.9 Å². The number of aryl methyl sites for hydroxylation is 1. The van der Waals surface area contributed by atoms with Crippen LogP contribution in [0.5, 0.6) is 5.75 Å². The summed E-state index contributed by atoms with van der Waals surface area (Å²) in [6.45, 7) is 0.523. The second-order valence-electron chi connectivity index (χ2n) is 3.95. The Hall–Kier alpha value is -2.32. The van der Waals surface area contributed by atoms with Crippen molar-refractivity contribution >= 4 is 0 Å². The summed E-state index contributed by atoms with van der Waals surface area (Å²) in [7, 11) is 1.83. The highest BCUT2D eigenvalue weighted by Gasteiger charge is 2.02. The number of nitrogens with zero attached hydrogens (tertiary/aromatic N) is 2. The first-order valence-electron chi connectivity index (χ1n) is 5.78. The molecule has 5 heteroatoms. The van der Waals surface area contributed by atoms with Crippen LogP contribution >= 0.6 is 0 Å². The first-order chi connectivity index (χ1) is 9.17. The predicted octanol–water partition coefficient (Wildman–Crippen LogP) is 1.45. The molecule has 0 aliphatic heterocycles. The van der Waals surface area contributed by atoms with Crippen molar-refractivity contribution in [2.75, 3.05) is 6.54 Å². The van der Waals surface area contributed by atoms with Gasteiger partial charge in [-0.3, -0.25) is 4.68 Å². The summed E-state index contributed by atoms with van der Waals surface area (Å²) in [5, 5.41) is 4.17. The number of rotatable bonds is 3. The zero-order valence-corrected chi connectivity index (χ0v) is 10.6. The van der Waals surface area contributed by atoms with E-state index in [-0.39, 0.29) is 19.0 Å². The molecule has 1 aromatic carbocycles. The zero-order chi connectivity index (χ0) is 13.7. The molecule has 0 fully saturated rings. The third-order valence-electron chi connectivity index (χ3n) is 2.36. The van der Waals surface area contributed by atoms with Crippen LogP contribution < -0.4 is 10.5 Å². The standard InChI is InChI=1S/C14H14FN3O/c1-18-6-4-13(17-18)10-19-14-8-11(3-2-5-16)7-12(15)9-14/h4,6-9H,5,10,16H2,1H3. The molecule has 0 atom stereocenters. The third-order valence-corrected chi connectivity index (χ3v) is 2.36. The molecule has 0 unspecified atom stereocenters. The van der Waals surface area contributed by atoms with Crippen molar-refractivity contribution in [3.05, 3.63) is 47.5 Å². The van der Waals surface area contributed by atoms with E-state index < -0.39 is 0 Å². The second kappa shape index (κ2) is 6.03. The van der Waals surface area contributed by atoms with Crippen molar-refractivity contribution in [2.45, 2.75) is 6.61 Å². The highest BCUT2D eigenvalue weighted by atomic mass is 19.1. The van der Waals surface area contributed by atoms with E-state index >= 15 is 0 Å². The lowest BCUT2D eigenvalue weighted by molar-refractivity contribution is 0.298. The first kappa shape index (κ1) is 13.1. The fourth-order valence-corrected chi connectivity index (χ4v) is 1.57. The summed E-state index contributed by atoms with van der Waals surface area (Å²) in [5.41, 5.74) is 6.60. The molecule has 1 aromatic heterocycles. The predicted molar refractivity (Wildman–Crippen MR) is 69.9 cm³/mol. The Balaban J connectivity index is 2.09. The Morgan fingerprint density at radius 1 is 1.42 bits per heavy atom. The molecule has 2 aromatic rings. The van der Waals surface area contributed by atoms with Gasteiger partial charge in [-0.1, -0.05) is 11.8 Å². The minimum atomic E-state index is -0.389. The maximum Gasteiger partial charge on any atom is 0.132 e. The molecule has 0 bridgehead atoms. The normalized spacial score (nSPS) is 9.84. The van der Waals surface area contributed by atoms with E-state index in [1.807, 2.05) is 19.3 Å². The van der Waals surface area contributed by atoms with Gasteiger partial charge in [0.25, 0.3) is 0 Å². The SMILES string of the molecule is Cn1ccc(COc2cc(F)cc(C#CCN)c2)n1. The van der Waals surface area contributed by atoms with Gasteiger partial charge in [-0.05, 0) is 18.2 Å². The van der Waals surface area contributed by atoms with Gasteiger partial charge >= 0.3 is 0 Å². The molecular formula is C14H14FN3O. The Morgan fingerprint density at radius 2 is 2.26 bits per heavy atom. The van der Waals surface area contributed by atoms with E-state index in [1.165, 1.54) is 12.1 Å². The molecule has 4 nitrogen and oxygen atoms in total. The lowest BCUT2D eigenvalue weighted by atomic mass is 10.2. The smallest absolute Gasteiger partial charge is 0.132 e. The van der Waals surface area contributed by atoms with Crippen molar-refractivity contribution in [1.29, 1.82) is 0 Å². The summed E-state index contributed by atoms with van der Waals surface area (Å²) < 4.78 is 20.6. The van der Waals surface area contributed by atoms with Crippen LogP contribution in [-0.4, -0.2) is 16.3 Å².